The van der Waals surface area contributed by atoms with Crippen LogP contribution in [0.5, 0.6) is 0 Å². The zero-order chi connectivity index (χ0) is 0. The summed E-state index contributed by atoms with van der Waals surface area (Å²) in [6.07, 6.45) is 0. The van der Waals surface area contributed by atoms with Gasteiger partial charge in [-0.3, -0.25) is 0 Å². The predicted octanol–water partition coefficient (Wildman–Crippen LogP) is -0.980. The fraction of sp³-hybridized carbons (Fsp3) is 0. The Balaban J connectivity index is 0. The molecule has 0 aromatic carbocycles. The third-order valence-corrected chi connectivity index (χ3v) is 0. The van der Waals surface area contributed by atoms with Crippen LogP contribution in [0.1, 0.15) is 0 Å². The number of hydrogen-bond donors (Lipinski definition) is 0. The molecule has 0 fully saturated rings. The van der Waals surface area contributed by atoms with Crippen LogP contribution in [-0.2, 0) is 86.3 Å². The second kappa shape index (κ2) is 120. The van der Waals surface area contributed by atoms with Crippen molar-refractivity contribution in [2.24, 2.45) is 0 Å². The Kier molecular flexibility index (Phi) is 2500. The molecule has 0 heterocycles. The smallest absolute Gasteiger partial charge is 2.00 e. The van der Waals surface area contributed by atoms with E-state index in [1.54, 1.807) is 0 Å². The SMILES string of the molecule is [Al+3].[O-2].[O-2].[O-2].[O-2].[O-2].[Y+3].[Zr+4]. The minimum absolute atomic E-state index is 0. The first kappa shape index (κ1) is 167. The Morgan fingerprint density at radius 3 is 0.500 bits per heavy atom. The topological polar surface area (TPSA) is 142 Å². The summed E-state index contributed by atoms with van der Waals surface area (Å²) < 4.78 is 0. The molecule has 0 aromatic heterocycles. The molecular weight excluding hydrogens is 287 g/mol. The normalized spacial score (nSPS) is 0. The average Bonchev–Trinajstić information content (AvgIpc) is 0. The van der Waals surface area contributed by atoms with E-state index in [0.717, 1.165) is 0 Å². The summed E-state index contributed by atoms with van der Waals surface area (Å²) in [7, 11) is 0. The second-order valence-electron chi connectivity index (χ2n) is 0. The van der Waals surface area contributed by atoms with Crippen LogP contribution in [0.25, 0.3) is 0 Å². The zero-order valence-corrected chi connectivity index (χ0v) is 10.1. The molecule has 0 atom stereocenters. The van der Waals surface area contributed by atoms with Crippen molar-refractivity contribution in [3.8, 4) is 0 Å². The first-order valence-electron chi connectivity index (χ1n) is 0. The van der Waals surface area contributed by atoms with Crippen LogP contribution in [0.15, 0.2) is 0 Å². The Bertz CT molecular complexity index is 12.4. The van der Waals surface area contributed by atoms with Gasteiger partial charge in [0.05, 0.1) is 0 Å². The molecule has 5 nitrogen and oxygen atoms in total. The molecule has 0 aliphatic heterocycles. The summed E-state index contributed by atoms with van der Waals surface area (Å²) in [6.45, 7) is 0. The molecule has 0 rings (SSSR count). The van der Waals surface area contributed by atoms with E-state index in [9.17, 15) is 0 Å². The van der Waals surface area contributed by atoms with Crippen molar-refractivity contribution in [2.75, 3.05) is 0 Å². The fourth-order valence-corrected chi connectivity index (χ4v) is 0. The first-order chi connectivity index (χ1) is 0. The van der Waals surface area contributed by atoms with Crippen molar-refractivity contribution in [1.82, 2.24) is 0 Å². The Labute approximate surface area is 102 Å². The largest absolute Gasteiger partial charge is 4.00 e. The molecule has 0 N–H and O–H groups in total. The van der Waals surface area contributed by atoms with Gasteiger partial charge in [-0.2, -0.15) is 0 Å². The maximum absolute atomic E-state index is 0. The van der Waals surface area contributed by atoms with Crippen LogP contribution in [0, 0.1) is 0 Å². The van der Waals surface area contributed by atoms with Gasteiger partial charge in [-0.15, -0.1) is 0 Å². The number of hydrogen-bond acceptors (Lipinski definition) is 0. The molecule has 0 unspecified atom stereocenters. The molecule has 0 bridgehead atoms. The Hall–Kier alpha value is 2.32. The summed E-state index contributed by atoms with van der Waals surface area (Å²) in [6, 6.07) is 0. The maximum atomic E-state index is 0. The number of rotatable bonds is 0. The summed E-state index contributed by atoms with van der Waals surface area (Å²) in [5, 5.41) is 0. The zero-order valence-electron chi connectivity index (χ0n) is 3.70. The van der Waals surface area contributed by atoms with Crippen LogP contribution in [0.2, 0.25) is 0 Å². The van der Waals surface area contributed by atoms with E-state index < -0.39 is 0 Å². The van der Waals surface area contributed by atoms with Gasteiger partial charge in [0.1, 0.15) is 0 Å². The third-order valence-electron chi connectivity index (χ3n) is 0. The van der Waals surface area contributed by atoms with Crippen molar-refractivity contribution in [3.63, 3.8) is 0 Å². The van der Waals surface area contributed by atoms with E-state index in [0.29, 0.717) is 0 Å². The molecule has 8 heteroatoms. The van der Waals surface area contributed by atoms with Crippen LogP contribution >= 0.6 is 0 Å². The molecule has 0 spiro atoms. The van der Waals surface area contributed by atoms with Gasteiger partial charge in [-0.05, 0) is 0 Å². The molecule has 0 aliphatic rings. The van der Waals surface area contributed by atoms with Crippen molar-refractivity contribution < 1.29 is 86.3 Å². The van der Waals surface area contributed by atoms with Crippen LogP contribution in [0.4, 0.5) is 0 Å². The van der Waals surface area contributed by atoms with E-state index >= 15 is 0 Å². The van der Waals surface area contributed by atoms with E-state index in [2.05, 4.69) is 0 Å². The van der Waals surface area contributed by atoms with Gasteiger partial charge in [0.15, 0.2) is 0 Å². The predicted molar refractivity (Wildman–Crippen MR) is 9.19 cm³/mol. The van der Waals surface area contributed by atoms with E-state index in [4.69, 9.17) is 0 Å². The van der Waals surface area contributed by atoms with E-state index in [-0.39, 0.29) is 104 Å². The molecule has 0 amide bonds. The van der Waals surface area contributed by atoms with Gasteiger partial charge >= 0.3 is 76.3 Å². The van der Waals surface area contributed by atoms with Gasteiger partial charge in [0.2, 0.25) is 0 Å². The molecule has 0 aliphatic carbocycles. The molecule has 40 valence electrons. The van der Waals surface area contributed by atoms with Crippen LogP contribution in [-0.4, -0.2) is 17.4 Å². The minimum Gasteiger partial charge on any atom is -2.00 e. The minimum atomic E-state index is 0. The molecular formula is AlO5YZr. The van der Waals surface area contributed by atoms with E-state index in [1.165, 1.54) is 0 Å². The monoisotopic (exact) mass is 286 g/mol. The quantitative estimate of drug-likeness (QED) is 0.505. The summed E-state index contributed by atoms with van der Waals surface area (Å²) in [5.41, 5.74) is 0. The van der Waals surface area contributed by atoms with Crippen LogP contribution < -0.4 is 0 Å². The van der Waals surface area contributed by atoms with Crippen LogP contribution in [0.3, 0.4) is 0 Å². The van der Waals surface area contributed by atoms with Crippen molar-refractivity contribution in [3.05, 3.63) is 0 Å². The second-order valence-corrected chi connectivity index (χ2v) is 0. The van der Waals surface area contributed by atoms with Gasteiger partial charge in [0, 0.05) is 0 Å². The summed E-state index contributed by atoms with van der Waals surface area (Å²) in [4.78, 5) is 0. The fourth-order valence-electron chi connectivity index (χ4n) is 0. The van der Waals surface area contributed by atoms with Gasteiger partial charge < -0.3 is 27.4 Å². The summed E-state index contributed by atoms with van der Waals surface area (Å²) >= 11 is 0. The third kappa shape index (κ3) is 82.8. The molecule has 0 saturated carbocycles. The van der Waals surface area contributed by atoms with Crippen molar-refractivity contribution in [1.29, 1.82) is 0 Å². The standard InChI is InChI=1S/Al.5O.Y.Zr/q+3;5*-2;+3;+4. The molecule has 0 aromatic rings. The van der Waals surface area contributed by atoms with Gasteiger partial charge in [-0.25, -0.2) is 0 Å². The van der Waals surface area contributed by atoms with Crippen molar-refractivity contribution >= 4 is 17.4 Å². The van der Waals surface area contributed by atoms with E-state index in [1.807, 2.05) is 0 Å². The van der Waals surface area contributed by atoms with Gasteiger partial charge in [0.25, 0.3) is 0 Å². The summed E-state index contributed by atoms with van der Waals surface area (Å²) in [5.74, 6) is 0. The Morgan fingerprint density at radius 2 is 0.500 bits per heavy atom. The molecule has 8 heavy (non-hydrogen) atoms. The first-order valence-corrected chi connectivity index (χ1v) is 0. The average molecular weight is 287 g/mol. The molecule has 0 saturated heterocycles. The van der Waals surface area contributed by atoms with Crippen molar-refractivity contribution in [2.45, 2.75) is 0 Å². The maximum Gasteiger partial charge on any atom is 4.00 e. The van der Waals surface area contributed by atoms with Gasteiger partial charge in [-0.1, -0.05) is 0 Å². The molecule has 0 radical (unpaired) electrons. The Morgan fingerprint density at radius 1 is 0.500 bits per heavy atom.